The van der Waals surface area contributed by atoms with Crippen LogP contribution in [0.2, 0.25) is 0 Å². The number of cyclic esters (lactones) is 1. The number of esters is 1. The Morgan fingerprint density at radius 3 is 2.89 bits per heavy atom. The Morgan fingerprint density at radius 1 is 1.44 bits per heavy atom. The van der Waals surface area contributed by atoms with Gasteiger partial charge in [0.25, 0.3) is 0 Å². The topological polar surface area (TPSA) is 65.0 Å². The van der Waals surface area contributed by atoms with Gasteiger partial charge in [0.05, 0.1) is 19.8 Å². The van der Waals surface area contributed by atoms with E-state index < -0.39 is 6.10 Å². The third-order valence-corrected chi connectivity index (χ3v) is 2.65. The third-order valence-electron chi connectivity index (χ3n) is 2.65. The van der Waals surface area contributed by atoms with Gasteiger partial charge in [0, 0.05) is 6.42 Å². The molecule has 1 aromatic rings. The molecule has 0 spiro atoms. The molecule has 1 atom stereocenters. The molecule has 5 heteroatoms. The first-order valence-electron chi connectivity index (χ1n) is 5.94. The molecule has 18 heavy (non-hydrogen) atoms. The van der Waals surface area contributed by atoms with Crippen LogP contribution < -0.4 is 9.47 Å². The van der Waals surface area contributed by atoms with Gasteiger partial charge in [-0.15, -0.1) is 0 Å². The predicted octanol–water partition coefficient (Wildman–Crippen LogP) is 1.27. The first-order chi connectivity index (χ1) is 8.74. The van der Waals surface area contributed by atoms with Gasteiger partial charge in [-0.3, -0.25) is 0 Å². The van der Waals surface area contributed by atoms with E-state index in [1.165, 1.54) is 0 Å². The van der Waals surface area contributed by atoms with E-state index >= 15 is 0 Å². The lowest BCUT2D eigenvalue weighted by atomic mass is 10.2. The lowest BCUT2D eigenvalue weighted by molar-refractivity contribution is -0.143. The molecule has 98 valence electrons. The monoisotopic (exact) mass is 252 g/mol. The zero-order chi connectivity index (χ0) is 13.0. The van der Waals surface area contributed by atoms with Gasteiger partial charge < -0.3 is 19.3 Å². The highest BCUT2D eigenvalue weighted by Gasteiger charge is 2.29. The highest BCUT2D eigenvalue weighted by Crippen LogP contribution is 2.30. The number of aliphatic hydroxyl groups excluding tert-OH is 1. The molecule has 0 aliphatic carbocycles. The molecule has 0 saturated carbocycles. The van der Waals surface area contributed by atoms with Crippen LogP contribution in [0, 0.1) is 0 Å². The lowest BCUT2D eigenvalue weighted by Crippen LogP contribution is -2.22. The minimum absolute atomic E-state index is 0.0637. The van der Waals surface area contributed by atoms with Crippen LogP contribution in [-0.4, -0.2) is 30.4 Å². The van der Waals surface area contributed by atoms with E-state index in [0.29, 0.717) is 31.1 Å². The number of carbonyl (C=O) groups is 1. The summed E-state index contributed by atoms with van der Waals surface area (Å²) in [6, 6.07) is 5.14. The fourth-order valence-electron chi connectivity index (χ4n) is 1.75. The third kappa shape index (κ3) is 2.73. The second kappa shape index (κ2) is 5.73. The number of benzene rings is 1. The van der Waals surface area contributed by atoms with Crippen LogP contribution in [0.15, 0.2) is 18.2 Å². The normalized spacial score (nSPS) is 18.6. The van der Waals surface area contributed by atoms with Crippen molar-refractivity contribution in [2.75, 3.05) is 13.2 Å². The highest BCUT2D eigenvalue weighted by molar-refractivity contribution is 5.77. The van der Waals surface area contributed by atoms with Gasteiger partial charge in [0.15, 0.2) is 17.6 Å². The average molecular weight is 252 g/mol. The molecule has 1 fully saturated rings. The van der Waals surface area contributed by atoms with E-state index in [1.807, 2.05) is 6.92 Å². The molecule has 1 unspecified atom stereocenters. The van der Waals surface area contributed by atoms with Gasteiger partial charge in [-0.05, 0) is 24.6 Å². The number of rotatable bonds is 5. The van der Waals surface area contributed by atoms with E-state index in [4.69, 9.17) is 19.3 Å². The summed E-state index contributed by atoms with van der Waals surface area (Å²) in [5, 5.41) is 9.08. The summed E-state index contributed by atoms with van der Waals surface area (Å²) in [4.78, 5) is 11.3. The highest BCUT2D eigenvalue weighted by atomic mass is 16.6. The smallest absolute Gasteiger partial charge is 0.347 e. The molecule has 1 aromatic carbocycles. The first kappa shape index (κ1) is 12.7. The van der Waals surface area contributed by atoms with Crippen molar-refractivity contribution in [2.24, 2.45) is 0 Å². The van der Waals surface area contributed by atoms with Crippen LogP contribution >= 0.6 is 0 Å². The Labute approximate surface area is 105 Å². The van der Waals surface area contributed by atoms with Crippen molar-refractivity contribution in [1.82, 2.24) is 0 Å². The van der Waals surface area contributed by atoms with Crippen LogP contribution in [-0.2, 0) is 16.1 Å². The second-order valence-corrected chi connectivity index (χ2v) is 3.93. The number of aliphatic hydroxyl groups is 1. The zero-order valence-corrected chi connectivity index (χ0v) is 10.2. The summed E-state index contributed by atoms with van der Waals surface area (Å²) < 4.78 is 15.9. The molecule has 1 N–H and O–H groups in total. The van der Waals surface area contributed by atoms with Crippen molar-refractivity contribution in [3.63, 3.8) is 0 Å². The Morgan fingerprint density at radius 2 is 2.28 bits per heavy atom. The minimum Gasteiger partial charge on any atom is -0.490 e. The maximum Gasteiger partial charge on any atom is 0.347 e. The second-order valence-electron chi connectivity index (χ2n) is 3.93. The van der Waals surface area contributed by atoms with E-state index in [1.54, 1.807) is 18.2 Å². The lowest BCUT2D eigenvalue weighted by Gasteiger charge is -2.15. The predicted molar refractivity (Wildman–Crippen MR) is 63.5 cm³/mol. The van der Waals surface area contributed by atoms with Gasteiger partial charge in [-0.1, -0.05) is 6.07 Å². The molecule has 1 aliphatic rings. The molecular weight excluding hydrogens is 236 g/mol. The molecule has 0 amide bonds. The van der Waals surface area contributed by atoms with Crippen molar-refractivity contribution in [1.29, 1.82) is 0 Å². The van der Waals surface area contributed by atoms with Crippen molar-refractivity contribution < 1.29 is 24.1 Å². The quantitative estimate of drug-likeness (QED) is 0.799. The first-order valence-corrected chi connectivity index (χ1v) is 5.94. The number of hydrogen-bond donors (Lipinski definition) is 1. The van der Waals surface area contributed by atoms with Crippen LogP contribution in [0.5, 0.6) is 11.5 Å². The molecule has 0 radical (unpaired) electrons. The maximum absolute atomic E-state index is 11.3. The molecule has 1 saturated heterocycles. The van der Waals surface area contributed by atoms with E-state index in [2.05, 4.69) is 0 Å². The van der Waals surface area contributed by atoms with E-state index in [-0.39, 0.29) is 12.6 Å². The summed E-state index contributed by atoms with van der Waals surface area (Å²) in [7, 11) is 0. The molecule has 0 bridgehead atoms. The number of ether oxygens (including phenoxy) is 3. The molecule has 2 rings (SSSR count). The van der Waals surface area contributed by atoms with Gasteiger partial charge in [0.1, 0.15) is 0 Å². The van der Waals surface area contributed by atoms with Crippen LogP contribution in [0.3, 0.4) is 0 Å². The average Bonchev–Trinajstić information content (AvgIpc) is 2.77. The molecule has 1 heterocycles. The fraction of sp³-hybridized carbons (Fsp3) is 0.462. The Bertz CT molecular complexity index is 429. The fourth-order valence-corrected chi connectivity index (χ4v) is 1.75. The van der Waals surface area contributed by atoms with Crippen LogP contribution in [0.4, 0.5) is 0 Å². The number of carbonyl (C=O) groups excluding carboxylic acids is 1. The summed E-state index contributed by atoms with van der Waals surface area (Å²) >= 11 is 0. The van der Waals surface area contributed by atoms with Crippen molar-refractivity contribution in [3.05, 3.63) is 23.8 Å². The Kier molecular flexibility index (Phi) is 4.04. The van der Waals surface area contributed by atoms with Crippen molar-refractivity contribution in [2.45, 2.75) is 26.1 Å². The van der Waals surface area contributed by atoms with Gasteiger partial charge >= 0.3 is 5.97 Å². The summed E-state index contributed by atoms with van der Waals surface area (Å²) in [6.07, 6.45) is -0.0178. The SMILES string of the molecule is CCOc1cc(CO)ccc1OC1CCOC1=O. The van der Waals surface area contributed by atoms with Crippen LogP contribution in [0.25, 0.3) is 0 Å². The van der Waals surface area contributed by atoms with Gasteiger partial charge in [-0.25, -0.2) is 4.79 Å². The number of hydrogen-bond acceptors (Lipinski definition) is 5. The summed E-state index contributed by atoms with van der Waals surface area (Å²) in [6.45, 7) is 2.67. The van der Waals surface area contributed by atoms with E-state index in [9.17, 15) is 4.79 Å². The standard InChI is InChI=1S/C13H16O5/c1-2-16-12-7-9(8-14)3-4-10(12)18-11-5-6-17-13(11)15/h3-4,7,11,14H,2,5-6,8H2,1H3. The van der Waals surface area contributed by atoms with Crippen molar-refractivity contribution in [3.8, 4) is 11.5 Å². The molecule has 0 aromatic heterocycles. The van der Waals surface area contributed by atoms with Crippen LogP contribution in [0.1, 0.15) is 18.9 Å². The largest absolute Gasteiger partial charge is 0.490 e. The molecule has 1 aliphatic heterocycles. The summed E-state index contributed by atoms with van der Waals surface area (Å²) in [5.74, 6) is 0.685. The maximum atomic E-state index is 11.3. The Balaban J connectivity index is 2.17. The van der Waals surface area contributed by atoms with Gasteiger partial charge in [0.2, 0.25) is 0 Å². The van der Waals surface area contributed by atoms with E-state index in [0.717, 1.165) is 5.56 Å². The van der Waals surface area contributed by atoms with Crippen molar-refractivity contribution >= 4 is 5.97 Å². The Hall–Kier alpha value is -1.75. The zero-order valence-electron chi connectivity index (χ0n) is 10.2. The van der Waals surface area contributed by atoms with Gasteiger partial charge in [-0.2, -0.15) is 0 Å². The minimum atomic E-state index is -0.566. The molecular formula is C13H16O5. The summed E-state index contributed by atoms with van der Waals surface area (Å²) in [5.41, 5.74) is 0.736. The molecule has 5 nitrogen and oxygen atoms in total.